The second-order valence-electron chi connectivity index (χ2n) is 13.2. The van der Waals surface area contributed by atoms with Crippen LogP contribution in [0.3, 0.4) is 0 Å². The van der Waals surface area contributed by atoms with Crippen LogP contribution in [0.25, 0.3) is 11.1 Å². The van der Waals surface area contributed by atoms with Crippen LogP contribution in [-0.2, 0) is 6.51 Å². The largest absolute Gasteiger partial charge is 0.0538 e. The van der Waals surface area contributed by atoms with Gasteiger partial charge in [-0.3, -0.25) is 0 Å². The molecule has 2 aliphatic carbocycles. The average molecular weight is 386 g/mol. The second kappa shape index (κ2) is 1.31. The maximum Gasteiger partial charge on any atom is -0.0184 e. The Hall–Kier alpha value is -1.92. The number of rotatable bonds is 0. The van der Waals surface area contributed by atoms with Gasteiger partial charge in [-0.05, 0) is 11.1 Å². The van der Waals surface area contributed by atoms with E-state index in [0.29, 0.717) is 4.31 Å². The van der Waals surface area contributed by atoms with Crippen molar-refractivity contribution < 1.29 is 6.51 Å². The van der Waals surface area contributed by atoms with Crippen LogP contribution in [0.1, 0.15) is 11.1 Å². The van der Waals surface area contributed by atoms with Gasteiger partial charge in [0.25, 0.3) is 0 Å². The van der Waals surface area contributed by atoms with Crippen LogP contribution in [0.5, 0.6) is 0 Å². The maximum atomic E-state index is 5.65. The van der Waals surface area contributed by atoms with E-state index < -0.39 is 6.51 Å². The Morgan fingerprint density at radius 2 is 1.22 bits per heavy atom. The summed E-state index contributed by atoms with van der Waals surface area (Å²) in [5, 5.41) is 0. The third-order valence-electron chi connectivity index (χ3n) is 17.4. The molecule has 4 unspecified atom stereocenters. The van der Waals surface area contributed by atoms with Crippen LogP contribution >= 0.6 is 0 Å². The van der Waals surface area contributed by atoms with Crippen LogP contribution in [0.4, 0.5) is 0 Å². The summed E-state index contributed by atoms with van der Waals surface area (Å²) in [7, 11) is 0. The summed E-state index contributed by atoms with van der Waals surface area (Å²) in [6.07, 6.45) is 5.65. The fourth-order valence-corrected chi connectivity index (χ4v) is 91.0. The zero-order valence-electron chi connectivity index (χ0n) is 14.7. The molecule has 0 radical (unpaired) electrons. The van der Waals surface area contributed by atoms with Gasteiger partial charge in [-0.2, -0.15) is 0 Å². The topological polar surface area (TPSA) is 0 Å². The van der Waals surface area contributed by atoms with Crippen molar-refractivity contribution in [2.24, 2.45) is 0 Å². The van der Waals surface area contributed by atoms with E-state index in [1.165, 1.54) is 54.5 Å². The summed E-state index contributed by atoms with van der Waals surface area (Å²) in [4.78, 5) is 12.1. The molecule has 130 valence electrons. The van der Waals surface area contributed by atoms with Crippen molar-refractivity contribution in [1.29, 1.82) is 0 Å². The van der Waals surface area contributed by atoms with E-state index in [9.17, 15) is 0 Å². The molecule has 0 aromatic heterocycles. The SMILES string of the molecule is C#Cc1ccccc1C#C[C]12[CH]3[CH]4[CH]5[CH]1[Fe]45321678[CH]2[CH]1[CH]6[CH]7[CH]28.c1cc2ccc1-2. The predicted molar refractivity (Wildman–Crippen MR) is 103 cm³/mol. The Morgan fingerprint density at radius 3 is 1.56 bits per heavy atom. The number of hydrogen-bond acceptors (Lipinski definition) is 0. The third-order valence-corrected chi connectivity index (χ3v) is 59.6. The van der Waals surface area contributed by atoms with Crippen molar-refractivity contribution in [2.45, 2.75) is 47.7 Å². The minimum absolute atomic E-state index is 0.709. The van der Waals surface area contributed by atoms with Gasteiger partial charge in [-0.15, -0.1) is 0 Å². The Morgan fingerprint density at radius 1 is 0.704 bits per heavy atom. The number of fused-ring (bicyclic) bond motifs is 11. The van der Waals surface area contributed by atoms with Crippen LogP contribution in [-0.4, -0.2) is 0 Å². The summed E-state index contributed by atoms with van der Waals surface area (Å²) >= 11 is 0. The quantitative estimate of drug-likeness (QED) is 0.308. The second-order valence-corrected chi connectivity index (χ2v) is 36.8. The molecule has 0 bridgehead atoms. The van der Waals surface area contributed by atoms with E-state index in [2.05, 4.69) is 54.2 Å². The molecule has 27 heavy (non-hydrogen) atoms. The molecule has 0 amide bonds. The van der Waals surface area contributed by atoms with E-state index in [4.69, 9.17) is 6.42 Å². The van der Waals surface area contributed by atoms with E-state index in [0.717, 1.165) is 11.1 Å². The minimum Gasteiger partial charge on any atom is -0.0538 e. The standard InChI is InChI=1S/C15H9.C6H4.C5H5.Fe/c1-2-14-9-5-6-10-15(14)12-11-13-7-3-4-8-13;1-2-6-4-3-5(1)6;1-2-4-5-3-1;/h1,3-10H;1-4H;1-5H;. The smallest absolute Gasteiger partial charge is 0.0184 e. The first-order valence-electron chi connectivity index (χ1n) is 10.4. The molecular weight excluding hydrogens is 368 g/mol. The van der Waals surface area contributed by atoms with Crippen LogP contribution in [0.2, 0.25) is 47.7 Å². The van der Waals surface area contributed by atoms with Crippen molar-refractivity contribution in [3.8, 4) is 35.3 Å². The fraction of sp³-hybridized carbons (Fsp3) is 0.385. The van der Waals surface area contributed by atoms with Crippen molar-refractivity contribution in [3.63, 3.8) is 0 Å². The molecule has 0 N–H and O–H groups in total. The van der Waals surface area contributed by atoms with Crippen LogP contribution in [0, 0.1) is 24.2 Å². The van der Waals surface area contributed by atoms with E-state index in [-0.39, 0.29) is 0 Å². The van der Waals surface area contributed by atoms with Gasteiger partial charge in [0.15, 0.2) is 0 Å². The maximum absolute atomic E-state index is 5.65. The summed E-state index contributed by atoms with van der Waals surface area (Å²) in [5.41, 5.74) is 4.97. The van der Waals surface area contributed by atoms with Gasteiger partial charge in [0.2, 0.25) is 0 Å². The monoisotopic (exact) mass is 386 g/mol. The molecule has 12 aliphatic rings. The molecule has 13 rings (SSSR count). The zero-order chi connectivity index (χ0) is 17.1. The zero-order valence-corrected chi connectivity index (χ0v) is 15.9. The summed E-state index contributed by atoms with van der Waals surface area (Å²) in [5.74, 6) is 10.5. The molecule has 1 aromatic rings. The Balaban J connectivity index is 0.000000161. The van der Waals surface area contributed by atoms with Crippen molar-refractivity contribution in [1.82, 2.24) is 0 Å². The Kier molecular flexibility index (Phi) is 0.541. The van der Waals surface area contributed by atoms with Gasteiger partial charge in [0, 0.05) is 0 Å². The molecule has 1 aromatic carbocycles. The van der Waals surface area contributed by atoms with Gasteiger partial charge in [0.05, 0.1) is 0 Å². The normalized spacial score (nSPS) is 78.3. The molecule has 10 heterocycles. The molecule has 1 heteroatoms. The molecule has 0 saturated carbocycles. The Labute approximate surface area is 149 Å². The molecular formula is C26H18Fe. The van der Waals surface area contributed by atoms with Gasteiger partial charge >= 0.3 is 114 Å². The van der Waals surface area contributed by atoms with Crippen LogP contribution in [0.15, 0.2) is 48.5 Å². The molecule has 0 nitrogen and oxygen atoms in total. The Bertz CT molecular complexity index is 1610. The summed E-state index contributed by atoms with van der Waals surface area (Å²) < 4.78 is 0.709. The van der Waals surface area contributed by atoms with Crippen molar-refractivity contribution >= 4 is 0 Å². The predicted octanol–water partition coefficient (Wildman–Crippen LogP) is 6.45. The fourth-order valence-electron chi connectivity index (χ4n) is 18.1. The van der Waals surface area contributed by atoms with E-state index in [1.54, 1.807) is 0 Å². The van der Waals surface area contributed by atoms with Crippen molar-refractivity contribution in [2.75, 3.05) is 0 Å². The first kappa shape index (κ1) is 11.2. The molecule has 10 fully saturated rings. The van der Waals surface area contributed by atoms with E-state index >= 15 is 0 Å². The number of benzene rings is 2. The third kappa shape index (κ3) is 0.197. The number of terminal acetylenes is 1. The van der Waals surface area contributed by atoms with Gasteiger partial charge in [-0.1, -0.05) is 24.3 Å². The average Bonchev–Trinajstić information content (AvgIpc) is 3.63. The molecule has 4 atom stereocenters. The van der Waals surface area contributed by atoms with E-state index in [1.807, 2.05) is 12.1 Å². The number of hydrogen-bond donors (Lipinski definition) is 0. The van der Waals surface area contributed by atoms with Crippen molar-refractivity contribution in [3.05, 3.63) is 59.7 Å². The van der Waals surface area contributed by atoms with Gasteiger partial charge < -0.3 is 0 Å². The summed E-state index contributed by atoms with van der Waals surface area (Å²) in [6, 6.07) is 16.8. The first-order valence-corrected chi connectivity index (χ1v) is 16.7. The minimum atomic E-state index is -2.98. The van der Waals surface area contributed by atoms with Gasteiger partial charge in [-0.25, -0.2) is 0 Å². The van der Waals surface area contributed by atoms with Gasteiger partial charge in [0.1, 0.15) is 0 Å². The molecule has 1 spiro atoms. The van der Waals surface area contributed by atoms with Crippen LogP contribution < -0.4 is 0 Å². The summed E-state index contributed by atoms with van der Waals surface area (Å²) in [6.45, 7) is -2.98. The molecule has 10 saturated heterocycles. The molecule has 10 aliphatic heterocycles. The first-order chi connectivity index (χ1) is 13.0.